The Morgan fingerprint density at radius 1 is 1.00 bits per heavy atom. The van der Waals surface area contributed by atoms with Crippen LogP contribution in [-0.2, 0) is 6.54 Å². The fraction of sp³-hybridized carbons (Fsp3) is 0.111. The average Bonchev–Trinajstić information content (AvgIpc) is 3.20. The van der Waals surface area contributed by atoms with Crippen molar-refractivity contribution in [2.45, 2.75) is 13.5 Å². The number of carbonyl (C=O) groups excluding carboxylic acids is 2. The van der Waals surface area contributed by atoms with Gasteiger partial charge in [0.1, 0.15) is 11.0 Å². The van der Waals surface area contributed by atoms with Crippen molar-refractivity contribution in [3.8, 4) is 0 Å². The van der Waals surface area contributed by atoms with Crippen molar-refractivity contribution in [3.63, 3.8) is 0 Å². The monoisotopic (exact) mass is 377 g/mol. The standard InChI is InChI=1S/C18H15N7O3/c1-2-25-18(28)12-6-4-3-5-11(12)15(23-25)17(27)22-21-16(26)10-7-8-13-14(9-10)20-24-19-13/h3-9H,2H2,1H3,(H,21,26)(H,22,27)(H,19,20,24). The van der Waals surface area contributed by atoms with E-state index in [4.69, 9.17) is 0 Å². The second-order valence-electron chi connectivity index (χ2n) is 5.95. The second-order valence-corrected chi connectivity index (χ2v) is 5.95. The summed E-state index contributed by atoms with van der Waals surface area (Å²) in [5.74, 6) is -1.15. The minimum Gasteiger partial charge on any atom is -0.267 e. The smallest absolute Gasteiger partial charge is 0.267 e. The third-order valence-electron chi connectivity index (χ3n) is 4.25. The molecule has 0 spiro atoms. The van der Waals surface area contributed by atoms with E-state index in [1.807, 2.05) is 0 Å². The molecule has 2 aromatic carbocycles. The molecule has 2 heterocycles. The summed E-state index contributed by atoms with van der Waals surface area (Å²) in [6.45, 7) is 2.07. The number of hydrogen-bond donors (Lipinski definition) is 3. The topological polar surface area (TPSA) is 135 Å². The predicted octanol–water partition coefficient (Wildman–Crippen LogP) is 0.762. The summed E-state index contributed by atoms with van der Waals surface area (Å²) in [5, 5.41) is 15.2. The van der Waals surface area contributed by atoms with Crippen LogP contribution >= 0.6 is 0 Å². The van der Waals surface area contributed by atoms with Gasteiger partial charge in [0.05, 0.1) is 5.39 Å². The van der Waals surface area contributed by atoms with Crippen molar-refractivity contribution in [3.05, 3.63) is 64.1 Å². The van der Waals surface area contributed by atoms with Gasteiger partial charge >= 0.3 is 0 Å². The molecule has 0 bridgehead atoms. The summed E-state index contributed by atoms with van der Waals surface area (Å²) in [4.78, 5) is 37.3. The number of nitrogens with one attached hydrogen (secondary N) is 3. The van der Waals surface area contributed by atoms with Crippen LogP contribution in [0.5, 0.6) is 0 Å². The number of hydrogen-bond acceptors (Lipinski definition) is 6. The fourth-order valence-electron chi connectivity index (χ4n) is 2.84. The molecular formula is C18H15N7O3. The number of hydrazine groups is 1. The molecule has 4 rings (SSSR count). The Labute approximate surface area is 157 Å². The first-order valence-corrected chi connectivity index (χ1v) is 8.49. The molecular weight excluding hydrogens is 362 g/mol. The molecule has 0 aliphatic rings. The van der Waals surface area contributed by atoms with Crippen LogP contribution in [0, 0.1) is 0 Å². The van der Waals surface area contributed by atoms with Crippen molar-refractivity contribution in [2.75, 3.05) is 0 Å². The average molecular weight is 377 g/mol. The van der Waals surface area contributed by atoms with Crippen molar-refractivity contribution < 1.29 is 9.59 Å². The molecule has 10 heteroatoms. The normalized spacial score (nSPS) is 10.9. The van der Waals surface area contributed by atoms with Gasteiger partial charge in [-0.15, -0.1) is 0 Å². The molecule has 4 aromatic rings. The SMILES string of the molecule is CCn1nc(C(=O)NNC(=O)c2ccc3n[nH]nc3c2)c2ccccc2c1=O. The zero-order chi connectivity index (χ0) is 19.7. The highest BCUT2D eigenvalue weighted by molar-refractivity contribution is 6.06. The summed E-state index contributed by atoms with van der Waals surface area (Å²) in [6, 6.07) is 11.5. The molecule has 0 fully saturated rings. The number of carbonyl (C=O) groups is 2. The Bertz CT molecular complexity index is 1280. The van der Waals surface area contributed by atoms with E-state index in [2.05, 4.69) is 31.4 Å². The van der Waals surface area contributed by atoms with Gasteiger partial charge in [0.25, 0.3) is 17.4 Å². The molecule has 0 unspecified atom stereocenters. The van der Waals surface area contributed by atoms with Gasteiger partial charge in [-0.1, -0.05) is 18.2 Å². The second kappa shape index (κ2) is 6.91. The Balaban J connectivity index is 1.59. The summed E-state index contributed by atoms with van der Waals surface area (Å²) >= 11 is 0. The minimum atomic E-state index is -0.630. The zero-order valence-electron chi connectivity index (χ0n) is 14.8. The molecule has 0 saturated heterocycles. The van der Waals surface area contributed by atoms with Crippen LogP contribution in [0.15, 0.2) is 47.3 Å². The molecule has 2 amide bonds. The number of amides is 2. The summed E-state index contributed by atoms with van der Waals surface area (Å²) < 4.78 is 1.21. The number of benzene rings is 2. The van der Waals surface area contributed by atoms with Gasteiger partial charge in [-0.3, -0.25) is 25.2 Å². The predicted molar refractivity (Wildman–Crippen MR) is 100 cm³/mol. The Kier molecular flexibility index (Phi) is 4.28. The Hall–Kier alpha value is -4.08. The fourth-order valence-corrected chi connectivity index (χ4v) is 2.84. The number of nitrogens with zero attached hydrogens (tertiary/aromatic N) is 4. The highest BCUT2D eigenvalue weighted by Crippen LogP contribution is 2.13. The van der Waals surface area contributed by atoms with Gasteiger partial charge in [0.2, 0.25) is 0 Å². The van der Waals surface area contributed by atoms with Crippen molar-refractivity contribution in [1.82, 2.24) is 36.0 Å². The van der Waals surface area contributed by atoms with Crippen LogP contribution in [0.2, 0.25) is 0 Å². The van der Waals surface area contributed by atoms with Gasteiger partial charge in [-0.25, -0.2) is 4.68 Å². The van der Waals surface area contributed by atoms with Crippen molar-refractivity contribution in [1.29, 1.82) is 0 Å². The van der Waals surface area contributed by atoms with E-state index in [9.17, 15) is 14.4 Å². The van der Waals surface area contributed by atoms with Gasteiger partial charge in [-0.2, -0.15) is 20.5 Å². The number of aromatic nitrogens is 5. The summed E-state index contributed by atoms with van der Waals surface area (Å²) in [5.41, 5.74) is 5.91. The first kappa shape index (κ1) is 17.3. The maximum absolute atomic E-state index is 12.6. The van der Waals surface area contributed by atoms with Crippen LogP contribution in [0.1, 0.15) is 27.8 Å². The highest BCUT2D eigenvalue weighted by atomic mass is 16.2. The Morgan fingerprint density at radius 3 is 2.50 bits per heavy atom. The quantitative estimate of drug-likeness (QED) is 0.451. The molecule has 0 aliphatic heterocycles. The number of fused-ring (bicyclic) bond motifs is 2. The van der Waals surface area contributed by atoms with Crippen molar-refractivity contribution >= 4 is 33.6 Å². The van der Waals surface area contributed by atoms with Gasteiger partial charge in [0, 0.05) is 17.5 Å². The molecule has 140 valence electrons. The third kappa shape index (κ3) is 2.96. The molecule has 2 aromatic heterocycles. The van der Waals surface area contributed by atoms with Crippen molar-refractivity contribution in [2.24, 2.45) is 0 Å². The summed E-state index contributed by atoms with van der Waals surface area (Å²) in [6.07, 6.45) is 0. The number of H-pyrrole nitrogens is 1. The lowest BCUT2D eigenvalue weighted by molar-refractivity contribution is 0.0843. The molecule has 0 saturated carbocycles. The van der Waals surface area contributed by atoms with E-state index in [0.29, 0.717) is 33.9 Å². The van der Waals surface area contributed by atoms with Crippen LogP contribution in [0.4, 0.5) is 0 Å². The van der Waals surface area contributed by atoms with Gasteiger partial charge < -0.3 is 0 Å². The number of aromatic amines is 1. The highest BCUT2D eigenvalue weighted by Gasteiger charge is 2.17. The number of rotatable bonds is 3. The molecule has 0 radical (unpaired) electrons. The Morgan fingerprint density at radius 2 is 1.71 bits per heavy atom. The lowest BCUT2D eigenvalue weighted by Crippen LogP contribution is -2.42. The maximum atomic E-state index is 12.6. The first-order chi connectivity index (χ1) is 13.6. The van der Waals surface area contributed by atoms with E-state index in [0.717, 1.165) is 0 Å². The first-order valence-electron chi connectivity index (χ1n) is 8.49. The largest absolute Gasteiger partial charge is 0.290 e. The lowest BCUT2D eigenvalue weighted by atomic mass is 10.1. The molecule has 0 aliphatic carbocycles. The van der Waals surface area contributed by atoms with E-state index >= 15 is 0 Å². The zero-order valence-corrected chi connectivity index (χ0v) is 14.8. The van der Waals surface area contributed by atoms with E-state index in [-0.39, 0.29) is 11.3 Å². The number of aryl methyl sites for hydroxylation is 1. The third-order valence-corrected chi connectivity index (χ3v) is 4.25. The van der Waals surface area contributed by atoms with E-state index < -0.39 is 11.8 Å². The van der Waals surface area contributed by atoms with E-state index in [1.54, 1.807) is 49.4 Å². The van der Waals surface area contributed by atoms with Crippen LogP contribution < -0.4 is 16.4 Å². The van der Waals surface area contributed by atoms with E-state index in [1.165, 1.54) is 4.68 Å². The van der Waals surface area contributed by atoms with Gasteiger partial charge in [-0.05, 0) is 31.2 Å². The van der Waals surface area contributed by atoms with Crippen LogP contribution in [-0.4, -0.2) is 37.0 Å². The molecule has 10 nitrogen and oxygen atoms in total. The molecule has 0 atom stereocenters. The molecule has 3 N–H and O–H groups in total. The van der Waals surface area contributed by atoms with Crippen LogP contribution in [0.3, 0.4) is 0 Å². The molecule has 28 heavy (non-hydrogen) atoms. The maximum Gasteiger partial charge on any atom is 0.290 e. The minimum absolute atomic E-state index is 0.0457. The summed E-state index contributed by atoms with van der Waals surface area (Å²) in [7, 11) is 0. The van der Waals surface area contributed by atoms with Crippen LogP contribution in [0.25, 0.3) is 21.8 Å². The lowest BCUT2D eigenvalue weighted by Gasteiger charge is -2.11. The van der Waals surface area contributed by atoms with Gasteiger partial charge in [0.15, 0.2) is 5.69 Å².